The molecule has 0 aliphatic rings. The molecule has 2 aromatic carbocycles. The highest BCUT2D eigenvalue weighted by atomic mass is 35.5. The number of para-hydroxylation sites is 1. The Morgan fingerprint density at radius 1 is 1.24 bits per heavy atom. The lowest BCUT2D eigenvalue weighted by Crippen LogP contribution is -2.17. The molecule has 0 saturated heterocycles. The van der Waals surface area contributed by atoms with E-state index in [2.05, 4.69) is 10.3 Å². The normalized spacial score (nSPS) is 10.8. The number of aromatic amines is 1. The zero-order chi connectivity index (χ0) is 18.0. The van der Waals surface area contributed by atoms with E-state index in [0.717, 1.165) is 16.5 Å². The van der Waals surface area contributed by atoms with Crippen LogP contribution in [0.5, 0.6) is 0 Å². The minimum atomic E-state index is -0.544. The first-order chi connectivity index (χ1) is 11.9. The van der Waals surface area contributed by atoms with Gasteiger partial charge in [0.05, 0.1) is 10.5 Å². The zero-order valence-electron chi connectivity index (χ0n) is 13.5. The Morgan fingerprint density at radius 3 is 2.80 bits per heavy atom. The van der Waals surface area contributed by atoms with Gasteiger partial charge in [-0.2, -0.15) is 0 Å². The van der Waals surface area contributed by atoms with Crippen LogP contribution in [0.3, 0.4) is 0 Å². The lowest BCUT2D eigenvalue weighted by Gasteiger charge is -2.07. The second-order valence-corrected chi connectivity index (χ2v) is 6.25. The fourth-order valence-corrected chi connectivity index (χ4v) is 2.84. The maximum absolute atomic E-state index is 13.1. The molecule has 0 unspecified atom stereocenters. The third kappa shape index (κ3) is 3.88. The number of hydrogen-bond acceptors (Lipinski definition) is 2. The fourth-order valence-electron chi connectivity index (χ4n) is 2.66. The average Bonchev–Trinajstić information content (AvgIpc) is 2.57. The molecule has 1 heterocycles. The molecule has 1 amide bonds. The van der Waals surface area contributed by atoms with Crippen LogP contribution < -0.4 is 10.9 Å². The number of hydrogen-bond donors (Lipinski definition) is 2. The first-order valence-electron chi connectivity index (χ1n) is 7.80. The van der Waals surface area contributed by atoms with Gasteiger partial charge in [-0.1, -0.05) is 29.8 Å². The van der Waals surface area contributed by atoms with Crippen LogP contribution >= 0.6 is 11.6 Å². The number of rotatable bonds is 4. The number of amides is 1. The van der Waals surface area contributed by atoms with Gasteiger partial charge < -0.3 is 10.3 Å². The Bertz CT molecular complexity index is 1010. The van der Waals surface area contributed by atoms with Crippen molar-refractivity contribution in [3.63, 3.8) is 0 Å². The first kappa shape index (κ1) is 17.2. The highest BCUT2D eigenvalue weighted by Crippen LogP contribution is 2.20. The van der Waals surface area contributed by atoms with Crippen molar-refractivity contribution in [2.45, 2.75) is 19.8 Å². The summed E-state index contributed by atoms with van der Waals surface area (Å²) in [6.45, 7) is 1.93. The molecule has 0 atom stereocenters. The quantitative estimate of drug-likeness (QED) is 0.734. The van der Waals surface area contributed by atoms with E-state index in [-0.39, 0.29) is 22.9 Å². The predicted octanol–water partition coefficient (Wildman–Crippen LogP) is 4.20. The van der Waals surface area contributed by atoms with Crippen LogP contribution in [0.2, 0.25) is 5.02 Å². The summed E-state index contributed by atoms with van der Waals surface area (Å²) in [6.07, 6.45) is 0.440. The third-order valence-corrected chi connectivity index (χ3v) is 4.28. The van der Waals surface area contributed by atoms with Gasteiger partial charge >= 0.3 is 0 Å². The van der Waals surface area contributed by atoms with Crippen molar-refractivity contribution in [1.29, 1.82) is 0 Å². The lowest BCUT2D eigenvalue weighted by molar-refractivity contribution is -0.116. The maximum atomic E-state index is 13.1. The Labute approximate surface area is 148 Å². The lowest BCUT2D eigenvalue weighted by atomic mass is 10.1. The smallest absolute Gasteiger partial charge is 0.251 e. The molecule has 0 bridgehead atoms. The van der Waals surface area contributed by atoms with Crippen LogP contribution in [0.25, 0.3) is 10.9 Å². The molecular formula is C19H16ClFN2O2. The van der Waals surface area contributed by atoms with Gasteiger partial charge in [0.15, 0.2) is 0 Å². The summed E-state index contributed by atoms with van der Waals surface area (Å²) < 4.78 is 13.1. The van der Waals surface area contributed by atoms with Crippen LogP contribution in [0, 0.1) is 12.7 Å². The first-order valence-corrected chi connectivity index (χ1v) is 8.18. The predicted molar refractivity (Wildman–Crippen MR) is 97.7 cm³/mol. The molecule has 0 radical (unpaired) electrons. The summed E-state index contributed by atoms with van der Waals surface area (Å²) in [5, 5.41) is 3.52. The topological polar surface area (TPSA) is 62.0 Å². The summed E-state index contributed by atoms with van der Waals surface area (Å²) in [4.78, 5) is 27.1. The SMILES string of the molecule is Cc1cccc2cc(CCC(=O)Nc3ccc(F)c(Cl)c3)c(=O)[nH]c12. The number of anilines is 1. The summed E-state index contributed by atoms with van der Waals surface area (Å²) in [6, 6.07) is 11.6. The van der Waals surface area contributed by atoms with E-state index in [1.54, 1.807) is 0 Å². The minimum Gasteiger partial charge on any atom is -0.326 e. The van der Waals surface area contributed by atoms with Gasteiger partial charge in [-0.15, -0.1) is 0 Å². The molecule has 2 N–H and O–H groups in total. The van der Waals surface area contributed by atoms with Crippen molar-refractivity contribution in [3.05, 3.63) is 74.8 Å². The van der Waals surface area contributed by atoms with Crippen molar-refractivity contribution in [2.24, 2.45) is 0 Å². The standard InChI is InChI=1S/C19H16ClFN2O2/c1-11-3-2-4-12-9-13(19(25)23-18(11)12)5-8-17(24)22-14-6-7-16(21)15(20)10-14/h2-4,6-7,9-10H,5,8H2,1H3,(H,22,24)(H,23,25). The van der Waals surface area contributed by atoms with Crippen LogP contribution in [-0.4, -0.2) is 10.9 Å². The van der Waals surface area contributed by atoms with E-state index < -0.39 is 5.82 Å². The van der Waals surface area contributed by atoms with Crippen molar-refractivity contribution in [3.8, 4) is 0 Å². The van der Waals surface area contributed by atoms with Gasteiger partial charge in [-0.05, 0) is 48.6 Å². The maximum Gasteiger partial charge on any atom is 0.251 e. The molecule has 128 valence electrons. The number of fused-ring (bicyclic) bond motifs is 1. The molecule has 1 aromatic heterocycles. The van der Waals surface area contributed by atoms with Gasteiger partial charge in [-0.3, -0.25) is 9.59 Å². The molecule has 0 aliphatic heterocycles. The number of aryl methyl sites for hydroxylation is 2. The molecule has 0 saturated carbocycles. The van der Waals surface area contributed by atoms with Gasteiger partial charge in [0.1, 0.15) is 5.82 Å². The van der Waals surface area contributed by atoms with E-state index in [4.69, 9.17) is 11.6 Å². The molecule has 0 spiro atoms. The van der Waals surface area contributed by atoms with Crippen molar-refractivity contribution in [2.75, 3.05) is 5.32 Å². The van der Waals surface area contributed by atoms with Crippen molar-refractivity contribution in [1.82, 2.24) is 4.98 Å². The summed E-state index contributed by atoms with van der Waals surface area (Å²) in [5.74, 6) is -0.816. The summed E-state index contributed by atoms with van der Waals surface area (Å²) >= 11 is 5.69. The Morgan fingerprint density at radius 2 is 2.04 bits per heavy atom. The molecule has 0 aliphatic carbocycles. The molecule has 3 aromatic rings. The van der Waals surface area contributed by atoms with Gasteiger partial charge in [0.25, 0.3) is 5.56 Å². The highest BCUT2D eigenvalue weighted by molar-refractivity contribution is 6.31. The zero-order valence-corrected chi connectivity index (χ0v) is 14.3. The average molecular weight is 359 g/mol. The second-order valence-electron chi connectivity index (χ2n) is 5.84. The number of carbonyl (C=O) groups is 1. The number of pyridine rings is 1. The molecular weight excluding hydrogens is 343 g/mol. The van der Waals surface area contributed by atoms with Gasteiger partial charge in [0.2, 0.25) is 5.91 Å². The monoisotopic (exact) mass is 358 g/mol. The van der Waals surface area contributed by atoms with Crippen molar-refractivity contribution < 1.29 is 9.18 Å². The van der Waals surface area contributed by atoms with Gasteiger partial charge in [0, 0.05) is 17.7 Å². The van der Waals surface area contributed by atoms with Crippen molar-refractivity contribution >= 4 is 34.1 Å². The van der Waals surface area contributed by atoms with Crippen LogP contribution in [0.15, 0.2) is 47.3 Å². The number of aromatic nitrogens is 1. The molecule has 3 rings (SSSR count). The number of halogens is 2. The highest BCUT2D eigenvalue weighted by Gasteiger charge is 2.09. The number of carbonyl (C=O) groups excluding carboxylic acids is 1. The Kier molecular flexibility index (Phi) is 4.86. The fraction of sp³-hybridized carbons (Fsp3) is 0.158. The van der Waals surface area contributed by atoms with E-state index in [0.29, 0.717) is 17.7 Å². The van der Waals surface area contributed by atoms with E-state index in [1.807, 2.05) is 31.2 Å². The number of benzene rings is 2. The van der Waals surface area contributed by atoms with Crippen LogP contribution in [-0.2, 0) is 11.2 Å². The largest absolute Gasteiger partial charge is 0.326 e. The second kappa shape index (κ2) is 7.07. The molecule has 0 fully saturated rings. The minimum absolute atomic E-state index is 0.0563. The molecule has 6 heteroatoms. The van der Waals surface area contributed by atoms with Crippen LogP contribution in [0.4, 0.5) is 10.1 Å². The summed E-state index contributed by atoms with van der Waals surface area (Å²) in [7, 11) is 0. The van der Waals surface area contributed by atoms with E-state index in [1.165, 1.54) is 18.2 Å². The van der Waals surface area contributed by atoms with Gasteiger partial charge in [-0.25, -0.2) is 4.39 Å². The molecule has 4 nitrogen and oxygen atoms in total. The van der Waals surface area contributed by atoms with E-state index in [9.17, 15) is 14.0 Å². The summed E-state index contributed by atoms with van der Waals surface area (Å²) in [5.41, 5.74) is 2.57. The third-order valence-electron chi connectivity index (χ3n) is 3.99. The number of H-pyrrole nitrogens is 1. The Hall–Kier alpha value is -2.66. The molecule has 25 heavy (non-hydrogen) atoms. The van der Waals surface area contributed by atoms with E-state index >= 15 is 0 Å². The number of nitrogens with one attached hydrogen (secondary N) is 2. The van der Waals surface area contributed by atoms with Crippen LogP contribution in [0.1, 0.15) is 17.5 Å². The Balaban J connectivity index is 1.71.